The first kappa shape index (κ1) is 16.5. The number of rotatable bonds is 7. The molecule has 0 fully saturated rings. The van der Waals surface area contributed by atoms with Crippen molar-refractivity contribution in [2.45, 2.75) is 6.61 Å². The van der Waals surface area contributed by atoms with Crippen molar-refractivity contribution < 1.29 is 23.5 Å². The zero-order chi connectivity index (χ0) is 17.5. The van der Waals surface area contributed by atoms with Crippen LogP contribution in [0.15, 0.2) is 77.4 Å². The molecule has 126 valence electrons. The van der Waals surface area contributed by atoms with Gasteiger partial charge in [0.25, 0.3) is 0 Å². The molecule has 3 aromatic rings. The Morgan fingerprint density at radius 2 is 1.64 bits per heavy atom. The molecule has 0 spiro atoms. The van der Waals surface area contributed by atoms with E-state index in [1.807, 2.05) is 30.3 Å². The Kier molecular flexibility index (Phi) is 5.26. The lowest BCUT2D eigenvalue weighted by Crippen LogP contribution is -2.13. The highest BCUT2D eigenvalue weighted by atomic mass is 16.5. The van der Waals surface area contributed by atoms with Gasteiger partial charge in [0, 0.05) is 5.56 Å². The van der Waals surface area contributed by atoms with Gasteiger partial charge in [-0.05, 0) is 42.0 Å². The summed E-state index contributed by atoms with van der Waals surface area (Å²) in [6.45, 7) is 0.110. The fourth-order valence-corrected chi connectivity index (χ4v) is 2.16. The number of Topliss-reactive ketones (excluding diaryl/α,β-unsaturated/α-hetero) is 1. The van der Waals surface area contributed by atoms with Gasteiger partial charge in [-0.15, -0.1) is 0 Å². The standard InChI is InChI=1S/C20H16O5/c21-18(14-25-20(22)19-7-4-12-23-19)16-8-10-17(11-9-16)24-13-15-5-2-1-3-6-15/h1-12H,13-14H2. The summed E-state index contributed by atoms with van der Waals surface area (Å²) >= 11 is 0. The highest BCUT2D eigenvalue weighted by Crippen LogP contribution is 2.15. The molecule has 0 aliphatic rings. The van der Waals surface area contributed by atoms with Crippen molar-refractivity contribution in [1.82, 2.24) is 0 Å². The van der Waals surface area contributed by atoms with E-state index in [1.165, 1.54) is 12.3 Å². The van der Waals surface area contributed by atoms with E-state index in [2.05, 4.69) is 0 Å². The zero-order valence-electron chi connectivity index (χ0n) is 13.4. The summed E-state index contributed by atoms with van der Waals surface area (Å²) in [5.41, 5.74) is 1.51. The molecular formula is C20H16O5. The molecule has 0 unspecified atom stereocenters. The topological polar surface area (TPSA) is 65.7 Å². The molecule has 0 aliphatic heterocycles. The Bertz CT molecular complexity index is 820. The van der Waals surface area contributed by atoms with Gasteiger partial charge >= 0.3 is 5.97 Å². The first-order chi connectivity index (χ1) is 12.2. The fourth-order valence-electron chi connectivity index (χ4n) is 2.16. The van der Waals surface area contributed by atoms with Crippen LogP contribution in [0.2, 0.25) is 0 Å². The Labute approximate surface area is 144 Å². The smallest absolute Gasteiger partial charge is 0.374 e. The number of hydrogen-bond donors (Lipinski definition) is 0. The molecule has 5 heteroatoms. The van der Waals surface area contributed by atoms with E-state index in [4.69, 9.17) is 13.9 Å². The van der Waals surface area contributed by atoms with E-state index in [-0.39, 0.29) is 18.2 Å². The molecule has 0 aliphatic carbocycles. The lowest BCUT2D eigenvalue weighted by Gasteiger charge is -2.07. The molecule has 0 bridgehead atoms. The summed E-state index contributed by atoms with van der Waals surface area (Å²) in [5.74, 6) is -0.235. The molecule has 5 nitrogen and oxygen atoms in total. The van der Waals surface area contributed by atoms with E-state index in [9.17, 15) is 9.59 Å². The van der Waals surface area contributed by atoms with Gasteiger partial charge in [-0.3, -0.25) is 4.79 Å². The summed E-state index contributed by atoms with van der Waals surface area (Å²) < 4.78 is 15.5. The molecule has 2 aromatic carbocycles. The lowest BCUT2D eigenvalue weighted by molar-refractivity contribution is 0.0444. The van der Waals surface area contributed by atoms with Crippen LogP contribution in [0.4, 0.5) is 0 Å². The van der Waals surface area contributed by atoms with Crippen LogP contribution in [0.25, 0.3) is 0 Å². The quantitative estimate of drug-likeness (QED) is 0.483. The molecule has 1 heterocycles. The molecule has 0 radical (unpaired) electrons. The second-order valence-electron chi connectivity index (χ2n) is 5.28. The third kappa shape index (κ3) is 4.57. The van der Waals surface area contributed by atoms with Crippen molar-refractivity contribution in [3.05, 3.63) is 89.9 Å². The highest BCUT2D eigenvalue weighted by molar-refractivity contribution is 5.99. The Balaban J connectivity index is 1.51. The van der Waals surface area contributed by atoms with Gasteiger partial charge in [0.15, 0.2) is 12.4 Å². The highest BCUT2D eigenvalue weighted by Gasteiger charge is 2.13. The second kappa shape index (κ2) is 7.97. The maximum atomic E-state index is 12.1. The number of carbonyl (C=O) groups excluding carboxylic acids is 2. The van der Waals surface area contributed by atoms with Gasteiger partial charge in [-0.25, -0.2) is 4.79 Å². The predicted octanol–water partition coefficient (Wildman–Crippen LogP) is 3.90. The molecule has 0 atom stereocenters. The third-order valence-electron chi connectivity index (χ3n) is 3.48. The molecule has 0 N–H and O–H groups in total. The van der Waals surface area contributed by atoms with Crippen LogP contribution < -0.4 is 4.74 Å². The maximum absolute atomic E-state index is 12.1. The third-order valence-corrected chi connectivity index (χ3v) is 3.48. The largest absolute Gasteiger partial charge is 0.489 e. The Morgan fingerprint density at radius 1 is 0.880 bits per heavy atom. The van der Waals surface area contributed by atoms with Crippen LogP contribution in [0.5, 0.6) is 5.75 Å². The van der Waals surface area contributed by atoms with Crippen LogP contribution in [0.3, 0.4) is 0 Å². The van der Waals surface area contributed by atoms with Gasteiger partial charge in [0.1, 0.15) is 12.4 Å². The number of ether oxygens (including phenoxy) is 2. The average molecular weight is 336 g/mol. The van der Waals surface area contributed by atoms with E-state index in [1.54, 1.807) is 30.3 Å². The number of hydrogen-bond acceptors (Lipinski definition) is 5. The summed E-state index contributed by atoms with van der Waals surface area (Å²) in [7, 11) is 0. The molecule has 0 amide bonds. The van der Waals surface area contributed by atoms with Gasteiger partial charge in [0.05, 0.1) is 6.26 Å². The zero-order valence-corrected chi connectivity index (χ0v) is 13.4. The molecule has 25 heavy (non-hydrogen) atoms. The fraction of sp³-hybridized carbons (Fsp3) is 0.100. The van der Waals surface area contributed by atoms with E-state index in [0.29, 0.717) is 17.9 Å². The van der Waals surface area contributed by atoms with E-state index >= 15 is 0 Å². The molecule has 3 rings (SSSR count). The Morgan fingerprint density at radius 3 is 2.32 bits per heavy atom. The number of furan rings is 1. The molecular weight excluding hydrogens is 320 g/mol. The van der Waals surface area contributed by atoms with Crippen molar-refractivity contribution in [1.29, 1.82) is 0 Å². The van der Waals surface area contributed by atoms with Crippen LogP contribution in [-0.2, 0) is 11.3 Å². The summed E-state index contributed by atoms with van der Waals surface area (Å²) in [6, 6.07) is 19.6. The van der Waals surface area contributed by atoms with Crippen molar-refractivity contribution >= 4 is 11.8 Å². The van der Waals surface area contributed by atoms with Crippen LogP contribution >= 0.6 is 0 Å². The Hall–Kier alpha value is -3.34. The summed E-state index contributed by atoms with van der Waals surface area (Å²) in [4.78, 5) is 23.7. The normalized spacial score (nSPS) is 10.2. The monoisotopic (exact) mass is 336 g/mol. The first-order valence-electron chi connectivity index (χ1n) is 7.73. The number of benzene rings is 2. The number of carbonyl (C=O) groups is 2. The van der Waals surface area contributed by atoms with Crippen LogP contribution in [-0.4, -0.2) is 18.4 Å². The van der Waals surface area contributed by atoms with E-state index in [0.717, 1.165) is 5.56 Å². The minimum absolute atomic E-state index is 0.0671. The first-order valence-corrected chi connectivity index (χ1v) is 7.73. The van der Waals surface area contributed by atoms with Crippen molar-refractivity contribution in [2.24, 2.45) is 0 Å². The average Bonchev–Trinajstić information content (AvgIpc) is 3.20. The van der Waals surface area contributed by atoms with Crippen molar-refractivity contribution in [3.8, 4) is 5.75 Å². The van der Waals surface area contributed by atoms with Gasteiger partial charge in [0.2, 0.25) is 5.76 Å². The SMILES string of the molecule is O=C(COC(=O)c1ccco1)c1ccc(OCc2ccccc2)cc1. The number of ketones is 1. The van der Waals surface area contributed by atoms with Crippen molar-refractivity contribution in [3.63, 3.8) is 0 Å². The summed E-state index contributed by atoms with van der Waals surface area (Å²) in [5, 5.41) is 0. The van der Waals surface area contributed by atoms with Gasteiger partial charge in [-0.1, -0.05) is 30.3 Å². The molecule has 0 saturated carbocycles. The van der Waals surface area contributed by atoms with Crippen molar-refractivity contribution in [2.75, 3.05) is 6.61 Å². The minimum atomic E-state index is -0.666. The predicted molar refractivity (Wildman–Crippen MR) is 90.5 cm³/mol. The van der Waals surface area contributed by atoms with Crippen LogP contribution in [0, 0.1) is 0 Å². The molecule has 0 saturated heterocycles. The minimum Gasteiger partial charge on any atom is -0.489 e. The van der Waals surface area contributed by atoms with Crippen LogP contribution in [0.1, 0.15) is 26.5 Å². The summed E-state index contributed by atoms with van der Waals surface area (Å²) in [6.07, 6.45) is 1.37. The van der Waals surface area contributed by atoms with Gasteiger partial charge in [-0.2, -0.15) is 0 Å². The molecule has 1 aromatic heterocycles. The van der Waals surface area contributed by atoms with Gasteiger partial charge < -0.3 is 13.9 Å². The maximum Gasteiger partial charge on any atom is 0.374 e. The lowest BCUT2D eigenvalue weighted by atomic mass is 10.1. The number of esters is 1. The second-order valence-corrected chi connectivity index (χ2v) is 5.28. The van der Waals surface area contributed by atoms with E-state index < -0.39 is 5.97 Å².